The summed E-state index contributed by atoms with van der Waals surface area (Å²) in [6.45, 7) is 2.30. The van der Waals surface area contributed by atoms with Gasteiger partial charge in [-0.15, -0.1) is 0 Å². The molecule has 1 unspecified atom stereocenters. The zero-order valence-electron chi connectivity index (χ0n) is 10.1. The molecule has 1 N–H and O–H groups in total. The second-order valence-corrected chi connectivity index (χ2v) is 4.31. The summed E-state index contributed by atoms with van der Waals surface area (Å²) in [7, 11) is 0. The SMILES string of the molecule is CCc1noc(CN2CC(C(=O)O)CCC2=O)n1. The molecule has 1 aromatic heterocycles. The van der Waals surface area contributed by atoms with Gasteiger partial charge in [-0.25, -0.2) is 0 Å². The van der Waals surface area contributed by atoms with E-state index in [9.17, 15) is 9.59 Å². The molecule has 1 saturated heterocycles. The third kappa shape index (κ3) is 2.66. The lowest BCUT2D eigenvalue weighted by Gasteiger charge is -2.29. The van der Waals surface area contributed by atoms with Crippen LogP contribution in [-0.4, -0.2) is 38.6 Å². The van der Waals surface area contributed by atoms with Crippen molar-refractivity contribution in [3.63, 3.8) is 0 Å². The fraction of sp³-hybridized carbons (Fsp3) is 0.636. The molecule has 7 nitrogen and oxygen atoms in total. The summed E-state index contributed by atoms with van der Waals surface area (Å²) in [5, 5.41) is 12.7. The highest BCUT2D eigenvalue weighted by Gasteiger charge is 2.30. The molecule has 0 radical (unpaired) electrons. The maximum atomic E-state index is 11.7. The lowest BCUT2D eigenvalue weighted by atomic mass is 9.98. The van der Waals surface area contributed by atoms with Gasteiger partial charge >= 0.3 is 5.97 Å². The van der Waals surface area contributed by atoms with E-state index in [1.54, 1.807) is 0 Å². The molecule has 0 spiro atoms. The summed E-state index contributed by atoms with van der Waals surface area (Å²) >= 11 is 0. The molecular formula is C11H15N3O4. The lowest BCUT2D eigenvalue weighted by Crippen LogP contribution is -2.42. The van der Waals surface area contributed by atoms with Gasteiger partial charge in [0.15, 0.2) is 5.82 Å². The molecule has 0 aromatic carbocycles. The molecule has 1 aromatic rings. The summed E-state index contributed by atoms with van der Waals surface area (Å²) in [5.41, 5.74) is 0. The van der Waals surface area contributed by atoms with Gasteiger partial charge in [0.2, 0.25) is 11.8 Å². The molecule has 1 atom stereocenters. The summed E-state index contributed by atoms with van der Waals surface area (Å²) in [6.07, 6.45) is 1.32. The number of carbonyl (C=O) groups is 2. The minimum absolute atomic E-state index is 0.0660. The highest BCUT2D eigenvalue weighted by Crippen LogP contribution is 2.19. The number of nitrogens with zero attached hydrogens (tertiary/aromatic N) is 3. The van der Waals surface area contributed by atoms with E-state index >= 15 is 0 Å². The first-order chi connectivity index (χ1) is 8.60. The second-order valence-electron chi connectivity index (χ2n) is 4.31. The molecule has 7 heteroatoms. The molecule has 0 bridgehead atoms. The zero-order valence-corrected chi connectivity index (χ0v) is 10.1. The number of piperidine rings is 1. The van der Waals surface area contributed by atoms with Gasteiger partial charge in [0.05, 0.1) is 5.92 Å². The van der Waals surface area contributed by atoms with E-state index in [1.165, 1.54) is 4.90 Å². The van der Waals surface area contributed by atoms with Crippen LogP contribution in [0.25, 0.3) is 0 Å². The molecule has 1 fully saturated rings. The first-order valence-electron chi connectivity index (χ1n) is 5.92. The Morgan fingerprint density at radius 1 is 1.61 bits per heavy atom. The van der Waals surface area contributed by atoms with Crippen LogP contribution in [0.1, 0.15) is 31.5 Å². The van der Waals surface area contributed by atoms with Crippen LogP contribution in [-0.2, 0) is 22.6 Å². The van der Waals surface area contributed by atoms with Crippen molar-refractivity contribution < 1.29 is 19.2 Å². The topological polar surface area (TPSA) is 96.5 Å². The van der Waals surface area contributed by atoms with Gasteiger partial charge in [-0.3, -0.25) is 9.59 Å². The van der Waals surface area contributed by atoms with Crippen molar-refractivity contribution in [1.29, 1.82) is 0 Å². The van der Waals surface area contributed by atoms with Gasteiger partial charge in [-0.1, -0.05) is 12.1 Å². The number of hydrogen-bond donors (Lipinski definition) is 1. The number of amides is 1. The maximum Gasteiger partial charge on any atom is 0.308 e. The molecule has 0 aliphatic carbocycles. The summed E-state index contributed by atoms with van der Waals surface area (Å²) in [6, 6.07) is 0. The summed E-state index contributed by atoms with van der Waals surface area (Å²) in [5.74, 6) is -0.497. The Bertz CT molecular complexity index is 457. The Hall–Kier alpha value is -1.92. The number of aryl methyl sites for hydroxylation is 1. The van der Waals surface area contributed by atoms with Crippen LogP contribution in [0.2, 0.25) is 0 Å². The molecule has 2 heterocycles. The van der Waals surface area contributed by atoms with Crippen LogP contribution in [0.4, 0.5) is 0 Å². The second kappa shape index (κ2) is 5.16. The number of carboxylic acid groups (broad SMARTS) is 1. The number of aliphatic carboxylic acids is 1. The van der Waals surface area contributed by atoms with Crippen molar-refractivity contribution in [1.82, 2.24) is 15.0 Å². The first kappa shape index (κ1) is 12.5. The minimum atomic E-state index is -0.868. The van der Waals surface area contributed by atoms with Crippen LogP contribution >= 0.6 is 0 Å². The van der Waals surface area contributed by atoms with Crippen LogP contribution in [0, 0.1) is 5.92 Å². The van der Waals surface area contributed by atoms with E-state index < -0.39 is 11.9 Å². The van der Waals surface area contributed by atoms with Crippen molar-refractivity contribution >= 4 is 11.9 Å². The predicted molar refractivity (Wildman–Crippen MR) is 59.5 cm³/mol. The van der Waals surface area contributed by atoms with Gasteiger partial charge in [-0.2, -0.15) is 4.98 Å². The van der Waals surface area contributed by atoms with Crippen LogP contribution in [0.15, 0.2) is 4.52 Å². The van der Waals surface area contributed by atoms with E-state index in [1.807, 2.05) is 6.92 Å². The number of hydrogen-bond acceptors (Lipinski definition) is 5. The molecule has 2 rings (SSSR count). The van der Waals surface area contributed by atoms with E-state index in [0.717, 1.165) is 0 Å². The molecular weight excluding hydrogens is 238 g/mol. The molecule has 1 aliphatic rings. The van der Waals surface area contributed by atoms with Gasteiger partial charge in [0.1, 0.15) is 6.54 Å². The van der Waals surface area contributed by atoms with E-state index in [4.69, 9.17) is 9.63 Å². The largest absolute Gasteiger partial charge is 0.481 e. The smallest absolute Gasteiger partial charge is 0.308 e. The van der Waals surface area contributed by atoms with Crippen molar-refractivity contribution in [2.24, 2.45) is 5.92 Å². The predicted octanol–water partition coefficient (Wildman–Crippen LogP) is 0.455. The molecule has 0 saturated carbocycles. The molecule has 1 aliphatic heterocycles. The lowest BCUT2D eigenvalue weighted by molar-refractivity contribution is -0.147. The van der Waals surface area contributed by atoms with Gasteiger partial charge in [0, 0.05) is 19.4 Å². The number of carboxylic acids is 1. The average molecular weight is 253 g/mol. The Labute approximate surface area is 104 Å². The third-order valence-electron chi connectivity index (χ3n) is 3.00. The zero-order chi connectivity index (χ0) is 13.1. The van der Waals surface area contributed by atoms with Gasteiger partial charge < -0.3 is 14.5 Å². The quantitative estimate of drug-likeness (QED) is 0.837. The van der Waals surface area contributed by atoms with Crippen molar-refractivity contribution in [2.75, 3.05) is 6.54 Å². The average Bonchev–Trinajstić information content (AvgIpc) is 2.79. The molecule has 98 valence electrons. The fourth-order valence-electron chi connectivity index (χ4n) is 1.93. The van der Waals surface area contributed by atoms with Gasteiger partial charge in [-0.05, 0) is 6.42 Å². The van der Waals surface area contributed by atoms with Crippen LogP contribution in [0.3, 0.4) is 0 Å². The number of rotatable bonds is 4. The Balaban J connectivity index is 2.02. The fourth-order valence-corrected chi connectivity index (χ4v) is 1.93. The summed E-state index contributed by atoms with van der Waals surface area (Å²) < 4.78 is 5.00. The highest BCUT2D eigenvalue weighted by molar-refractivity contribution is 5.80. The Morgan fingerprint density at radius 3 is 3.00 bits per heavy atom. The van der Waals surface area contributed by atoms with Crippen molar-refractivity contribution in [2.45, 2.75) is 32.7 Å². The highest BCUT2D eigenvalue weighted by atomic mass is 16.5. The number of likely N-dealkylation sites (tertiary alicyclic amines) is 1. The number of aromatic nitrogens is 2. The molecule has 18 heavy (non-hydrogen) atoms. The summed E-state index contributed by atoms with van der Waals surface area (Å²) in [4.78, 5) is 28.2. The molecule has 1 amide bonds. The maximum absolute atomic E-state index is 11.7. The van der Waals surface area contributed by atoms with Crippen molar-refractivity contribution in [3.05, 3.63) is 11.7 Å². The Kier molecular flexibility index (Phi) is 3.59. The monoisotopic (exact) mass is 253 g/mol. The normalized spacial score (nSPS) is 20.2. The first-order valence-corrected chi connectivity index (χ1v) is 5.92. The van der Waals surface area contributed by atoms with E-state index in [2.05, 4.69) is 10.1 Å². The number of carbonyl (C=O) groups excluding carboxylic acids is 1. The minimum Gasteiger partial charge on any atom is -0.481 e. The van der Waals surface area contributed by atoms with Crippen LogP contribution in [0.5, 0.6) is 0 Å². The Morgan fingerprint density at radius 2 is 2.39 bits per heavy atom. The van der Waals surface area contributed by atoms with E-state index in [0.29, 0.717) is 24.6 Å². The van der Waals surface area contributed by atoms with Crippen LogP contribution < -0.4 is 0 Å². The standard InChI is InChI=1S/C11H15N3O4/c1-2-8-12-9(18-13-8)6-14-5-7(11(16)17)3-4-10(14)15/h7H,2-6H2,1H3,(H,16,17). The van der Waals surface area contributed by atoms with Crippen molar-refractivity contribution in [3.8, 4) is 0 Å². The van der Waals surface area contributed by atoms with E-state index in [-0.39, 0.29) is 25.4 Å². The van der Waals surface area contributed by atoms with Gasteiger partial charge in [0.25, 0.3) is 0 Å². The third-order valence-corrected chi connectivity index (χ3v) is 3.00.